The van der Waals surface area contributed by atoms with Crippen LogP contribution in [0.1, 0.15) is 13.8 Å². The second kappa shape index (κ2) is 4.77. The molecule has 0 spiro atoms. The number of anilines is 1. The molecule has 0 aliphatic rings. The van der Waals surface area contributed by atoms with Crippen LogP contribution in [-0.4, -0.2) is 22.3 Å². The van der Waals surface area contributed by atoms with Crippen molar-refractivity contribution in [3.63, 3.8) is 0 Å². The summed E-state index contributed by atoms with van der Waals surface area (Å²) in [7, 11) is 0. The Balaban J connectivity index is 2.80. The van der Waals surface area contributed by atoms with Crippen molar-refractivity contribution < 1.29 is 0 Å². The zero-order valence-electron chi connectivity index (χ0n) is 7.96. The zero-order chi connectivity index (χ0) is 10.7. The summed E-state index contributed by atoms with van der Waals surface area (Å²) in [5.41, 5.74) is 6.35. The molecule has 0 bridgehead atoms. The van der Waals surface area contributed by atoms with Crippen LogP contribution in [0.2, 0.25) is 10.3 Å². The fourth-order valence-corrected chi connectivity index (χ4v) is 1.12. The number of halogens is 2. The molecule has 2 unspecified atom stereocenters. The molecule has 14 heavy (non-hydrogen) atoms. The maximum absolute atomic E-state index is 5.81. The highest BCUT2D eigenvalue weighted by Crippen LogP contribution is 2.21. The molecule has 0 amide bonds. The van der Waals surface area contributed by atoms with Gasteiger partial charge in [0.15, 0.2) is 10.3 Å². The smallest absolute Gasteiger partial charge is 0.174 e. The highest BCUT2D eigenvalue weighted by molar-refractivity contribution is 6.33. The Morgan fingerprint density at radius 1 is 1.36 bits per heavy atom. The van der Waals surface area contributed by atoms with E-state index in [2.05, 4.69) is 15.5 Å². The lowest BCUT2D eigenvalue weighted by molar-refractivity contribution is 0.638. The minimum absolute atomic E-state index is 0.0120. The Morgan fingerprint density at radius 2 is 2.00 bits per heavy atom. The molecule has 1 heterocycles. The van der Waals surface area contributed by atoms with Crippen LogP contribution in [-0.2, 0) is 0 Å². The van der Waals surface area contributed by atoms with Crippen LogP contribution in [0.5, 0.6) is 0 Å². The number of hydrogen-bond acceptors (Lipinski definition) is 4. The first kappa shape index (κ1) is 11.5. The van der Waals surface area contributed by atoms with Crippen LogP contribution >= 0.6 is 23.2 Å². The van der Waals surface area contributed by atoms with Crippen molar-refractivity contribution in [3.8, 4) is 0 Å². The number of aromatic nitrogens is 2. The first-order chi connectivity index (χ1) is 6.50. The first-order valence-electron chi connectivity index (χ1n) is 4.21. The fourth-order valence-electron chi connectivity index (χ4n) is 0.831. The lowest BCUT2D eigenvalue weighted by Gasteiger charge is -2.18. The summed E-state index contributed by atoms with van der Waals surface area (Å²) >= 11 is 11.5. The lowest BCUT2D eigenvalue weighted by atomic mass is 10.2. The average Bonchev–Trinajstić information content (AvgIpc) is 2.11. The van der Waals surface area contributed by atoms with E-state index in [0.717, 1.165) is 0 Å². The molecule has 0 fully saturated rings. The summed E-state index contributed by atoms with van der Waals surface area (Å²) in [5.74, 6) is 0. The predicted octanol–water partition coefficient (Wildman–Crippen LogP) is 1.93. The number of hydrogen-bond donors (Lipinski definition) is 2. The molecule has 0 radical (unpaired) electrons. The largest absolute Gasteiger partial charge is 0.378 e. The van der Waals surface area contributed by atoms with E-state index in [1.165, 1.54) is 0 Å². The number of rotatable bonds is 3. The third-order valence-corrected chi connectivity index (χ3v) is 2.35. The molecule has 3 N–H and O–H groups in total. The van der Waals surface area contributed by atoms with Crippen molar-refractivity contribution >= 4 is 28.9 Å². The van der Waals surface area contributed by atoms with Crippen molar-refractivity contribution in [2.24, 2.45) is 5.73 Å². The van der Waals surface area contributed by atoms with Gasteiger partial charge in [0.05, 0.1) is 5.69 Å². The summed E-state index contributed by atoms with van der Waals surface area (Å²) in [6.45, 7) is 3.86. The van der Waals surface area contributed by atoms with Gasteiger partial charge in [0, 0.05) is 18.2 Å². The molecular formula is C8H12Cl2N4. The van der Waals surface area contributed by atoms with Crippen molar-refractivity contribution in [1.29, 1.82) is 0 Å². The minimum atomic E-state index is 0.0120. The molecule has 2 atom stereocenters. The number of nitrogens with one attached hydrogen (secondary N) is 1. The van der Waals surface area contributed by atoms with E-state index in [4.69, 9.17) is 28.9 Å². The van der Waals surface area contributed by atoms with Crippen LogP contribution in [0, 0.1) is 0 Å². The molecule has 1 rings (SSSR count). The summed E-state index contributed by atoms with van der Waals surface area (Å²) in [6.07, 6.45) is 0. The van der Waals surface area contributed by atoms with Crippen LogP contribution < -0.4 is 11.1 Å². The van der Waals surface area contributed by atoms with E-state index in [0.29, 0.717) is 16.0 Å². The topological polar surface area (TPSA) is 63.8 Å². The van der Waals surface area contributed by atoms with Crippen molar-refractivity contribution in [2.45, 2.75) is 25.9 Å². The molecule has 4 nitrogen and oxygen atoms in total. The molecule has 78 valence electrons. The van der Waals surface area contributed by atoms with Gasteiger partial charge in [-0.15, -0.1) is 10.2 Å². The average molecular weight is 235 g/mol. The molecule has 1 aromatic heterocycles. The third-order valence-electron chi connectivity index (χ3n) is 1.89. The van der Waals surface area contributed by atoms with E-state index in [1.54, 1.807) is 6.07 Å². The summed E-state index contributed by atoms with van der Waals surface area (Å²) in [4.78, 5) is 0. The molecular weight excluding hydrogens is 223 g/mol. The molecule has 0 aliphatic carbocycles. The van der Waals surface area contributed by atoms with Gasteiger partial charge < -0.3 is 11.1 Å². The van der Waals surface area contributed by atoms with Gasteiger partial charge in [0.2, 0.25) is 0 Å². The van der Waals surface area contributed by atoms with Gasteiger partial charge in [-0.05, 0) is 13.8 Å². The summed E-state index contributed by atoms with van der Waals surface area (Å²) < 4.78 is 0. The third kappa shape index (κ3) is 2.97. The van der Waals surface area contributed by atoms with E-state index in [-0.39, 0.29) is 12.1 Å². The van der Waals surface area contributed by atoms with Crippen molar-refractivity contribution in [2.75, 3.05) is 5.32 Å². The molecule has 1 aromatic rings. The van der Waals surface area contributed by atoms with Crippen LogP contribution in [0.25, 0.3) is 0 Å². The first-order valence-corrected chi connectivity index (χ1v) is 4.97. The zero-order valence-corrected chi connectivity index (χ0v) is 9.47. The van der Waals surface area contributed by atoms with Gasteiger partial charge in [-0.3, -0.25) is 0 Å². The van der Waals surface area contributed by atoms with Crippen LogP contribution in [0.4, 0.5) is 5.69 Å². The van der Waals surface area contributed by atoms with Crippen LogP contribution in [0.3, 0.4) is 0 Å². The Labute approximate surface area is 92.8 Å². The molecule has 0 aliphatic heterocycles. The highest BCUT2D eigenvalue weighted by atomic mass is 35.5. The van der Waals surface area contributed by atoms with Gasteiger partial charge >= 0.3 is 0 Å². The van der Waals surface area contributed by atoms with Gasteiger partial charge in [-0.25, -0.2) is 0 Å². The SMILES string of the molecule is CC(N)C(C)Nc1cc(Cl)nnc1Cl. The summed E-state index contributed by atoms with van der Waals surface area (Å²) in [5, 5.41) is 11.0. The number of nitrogens with two attached hydrogens (primary N) is 1. The van der Waals surface area contributed by atoms with E-state index >= 15 is 0 Å². The second-order valence-corrected chi connectivity index (χ2v) is 3.91. The minimum Gasteiger partial charge on any atom is -0.378 e. The maximum atomic E-state index is 5.81. The van der Waals surface area contributed by atoms with Crippen molar-refractivity contribution in [3.05, 3.63) is 16.4 Å². The number of nitrogens with zero attached hydrogens (tertiary/aromatic N) is 2. The molecule has 0 aromatic carbocycles. The second-order valence-electron chi connectivity index (χ2n) is 3.16. The van der Waals surface area contributed by atoms with Gasteiger partial charge in [0.25, 0.3) is 0 Å². The Bertz CT molecular complexity index is 316. The lowest BCUT2D eigenvalue weighted by Crippen LogP contribution is -2.35. The maximum Gasteiger partial charge on any atom is 0.174 e. The quantitative estimate of drug-likeness (QED) is 0.840. The Morgan fingerprint density at radius 3 is 2.57 bits per heavy atom. The van der Waals surface area contributed by atoms with Gasteiger partial charge in [0.1, 0.15) is 0 Å². The van der Waals surface area contributed by atoms with Gasteiger partial charge in [-0.1, -0.05) is 23.2 Å². The Kier molecular flexibility index (Phi) is 3.92. The van der Waals surface area contributed by atoms with E-state index in [1.807, 2.05) is 13.8 Å². The fraction of sp³-hybridized carbons (Fsp3) is 0.500. The summed E-state index contributed by atoms with van der Waals surface area (Å²) in [6, 6.07) is 1.72. The van der Waals surface area contributed by atoms with Gasteiger partial charge in [-0.2, -0.15) is 0 Å². The normalized spacial score (nSPS) is 14.9. The van der Waals surface area contributed by atoms with E-state index in [9.17, 15) is 0 Å². The molecule has 0 saturated carbocycles. The standard InChI is InChI=1S/C8H12Cl2N4/c1-4(11)5(2)12-6-3-7(9)13-14-8(6)10/h3-5H,11H2,1-2H3,(H,12,13). The van der Waals surface area contributed by atoms with Crippen molar-refractivity contribution in [1.82, 2.24) is 10.2 Å². The predicted molar refractivity (Wildman–Crippen MR) is 58.8 cm³/mol. The Hall–Kier alpha value is -0.580. The van der Waals surface area contributed by atoms with Crippen LogP contribution in [0.15, 0.2) is 6.07 Å². The molecule has 0 saturated heterocycles. The monoisotopic (exact) mass is 234 g/mol. The molecule has 6 heteroatoms. The highest BCUT2D eigenvalue weighted by Gasteiger charge is 2.10. The van der Waals surface area contributed by atoms with E-state index < -0.39 is 0 Å².